The average Bonchev–Trinajstić information content (AvgIpc) is 3.75. The lowest BCUT2D eigenvalue weighted by atomic mass is 9.95. The molecule has 12 heteroatoms. The van der Waals surface area contributed by atoms with Gasteiger partial charge in [-0.1, -0.05) is 58.0 Å². The highest BCUT2D eigenvalue weighted by Gasteiger charge is 2.41. The number of amides is 3. The summed E-state index contributed by atoms with van der Waals surface area (Å²) in [6.07, 6.45) is 2.41. The van der Waals surface area contributed by atoms with E-state index in [-0.39, 0.29) is 53.8 Å². The molecule has 5 atom stereocenters. The Bertz CT molecular complexity index is 1340. The normalized spacial score (nSPS) is 16.0. The maximum absolute atomic E-state index is 13.6. The van der Waals surface area contributed by atoms with Gasteiger partial charge in [-0.2, -0.15) is 0 Å². The zero-order chi connectivity index (χ0) is 34.0. The fourth-order valence-corrected chi connectivity index (χ4v) is 6.42. The first-order chi connectivity index (χ1) is 21.8. The molecule has 1 heterocycles. The van der Waals surface area contributed by atoms with E-state index in [9.17, 15) is 24.0 Å². The van der Waals surface area contributed by atoms with Gasteiger partial charge in [0.1, 0.15) is 16.7 Å². The highest BCUT2D eigenvalue weighted by Crippen LogP contribution is 2.35. The Hall–Kier alpha value is -3.80. The van der Waals surface area contributed by atoms with Gasteiger partial charge in [0.15, 0.2) is 6.10 Å². The van der Waals surface area contributed by atoms with Crippen LogP contribution in [0.3, 0.4) is 0 Å². The van der Waals surface area contributed by atoms with Crippen LogP contribution in [0.4, 0.5) is 0 Å². The Morgan fingerprint density at radius 2 is 1.72 bits per heavy atom. The standard InChI is InChI=1S/C34H48N4O7S/c1-8-29(40)37-30(24-14-15-24)33(42)38(6)27(20(2)3)18-28(45-22(5)39)32-36-26(19-46-32)31(41)35-25(16-21(4)34(43)44-7)17-23-12-10-9-11-13-23/h9-13,19-21,24-25,27-28,30H,8,14-18H2,1-7H3,(H,35,41)(H,37,40)/t21-,25+,27+,28+,30-/m0/s1. The van der Waals surface area contributed by atoms with Crippen LogP contribution < -0.4 is 10.6 Å². The molecule has 0 aliphatic heterocycles. The van der Waals surface area contributed by atoms with Crippen molar-refractivity contribution >= 4 is 41.0 Å². The zero-order valence-electron chi connectivity index (χ0n) is 27.9. The Balaban J connectivity index is 1.79. The zero-order valence-corrected chi connectivity index (χ0v) is 28.7. The predicted molar refractivity (Wildman–Crippen MR) is 175 cm³/mol. The fourth-order valence-electron chi connectivity index (χ4n) is 5.58. The van der Waals surface area contributed by atoms with Crippen molar-refractivity contribution in [2.24, 2.45) is 17.8 Å². The van der Waals surface area contributed by atoms with E-state index in [2.05, 4.69) is 15.6 Å². The van der Waals surface area contributed by atoms with Gasteiger partial charge in [0.25, 0.3) is 5.91 Å². The monoisotopic (exact) mass is 656 g/mol. The van der Waals surface area contributed by atoms with Crippen LogP contribution in [0, 0.1) is 17.8 Å². The van der Waals surface area contributed by atoms with E-state index >= 15 is 0 Å². The minimum atomic E-state index is -0.796. The molecular weight excluding hydrogens is 608 g/mol. The summed E-state index contributed by atoms with van der Waals surface area (Å²) >= 11 is 1.20. The van der Waals surface area contributed by atoms with E-state index in [1.54, 1.807) is 31.2 Å². The average molecular weight is 657 g/mol. The maximum Gasteiger partial charge on any atom is 0.308 e. The van der Waals surface area contributed by atoms with Gasteiger partial charge in [0, 0.05) is 44.3 Å². The minimum absolute atomic E-state index is 0.00739. The van der Waals surface area contributed by atoms with E-state index in [1.165, 1.54) is 25.4 Å². The predicted octanol–water partition coefficient (Wildman–Crippen LogP) is 4.47. The molecule has 0 spiro atoms. The van der Waals surface area contributed by atoms with Gasteiger partial charge in [0.2, 0.25) is 11.8 Å². The number of nitrogens with one attached hydrogen (secondary N) is 2. The number of hydrogen-bond donors (Lipinski definition) is 2. The molecule has 0 saturated heterocycles. The van der Waals surface area contributed by atoms with Crippen LogP contribution >= 0.6 is 11.3 Å². The molecule has 1 aliphatic rings. The molecule has 0 bridgehead atoms. The molecule has 0 unspecified atom stereocenters. The third-order valence-electron chi connectivity index (χ3n) is 8.31. The van der Waals surface area contributed by atoms with E-state index in [0.717, 1.165) is 18.4 Å². The second-order valence-corrected chi connectivity index (χ2v) is 13.3. The molecular formula is C34H48N4O7S. The van der Waals surface area contributed by atoms with Crippen LogP contribution in [-0.4, -0.2) is 71.8 Å². The molecule has 2 N–H and O–H groups in total. The number of aromatic nitrogens is 1. The van der Waals surface area contributed by atoms with E-state index in [1.807, 2.05) is 44.2 Å². The van der Waals surface area contributed by atoms with Crippen LogP contribution in [0.5, 0.6) is 0 Å². The molecule has 46 heavy (non-hydrogen) atoms. The van der Waals surface area contributed by atoms with Gasteiger partial charge in [-0.05, 0) is 43.1 Å². The second-order valence-electron chi connectivity index (χ2n) is 12.4. The van der Waals surface area contributed by atoms with Gasteiger partial charge < -0.3 is 25.0 Å². The Morgan fingerprint density at radius 1 is 1.04 bits per heavy atom. The molecule has 3 rings (SSSR count). The molecule has 2 aromatic rings. The van der Waals surface area contributed by atoms with Crippen LogP contribution in [0.15, 0.2) is 35.7 Å². The molecule has 1 aromatic carbocycles. The summed E-state index contributed by atoms with van der Waals surface area (Å²) in [5, 5.41) is 7.98. The molecule has 1 aromatic heterocycles. The van der Waals surface area contributed by atoms with Crippen LogP contribution in [0.1, 0.15) is 93.9 Å². The molecule has 3 amide bonds. The van der Waals surface area contributed by atoms with E-state index in [4.69, 9.17) is 9.47 Å². The number of ether oxygens (including phenoxy) is 2. The molecule has 11 nitrogen and oxygen atoms in total. The van der Waals surface area contributed by atoms with Gasteiger partial charge in [-0.3, -0.25) is 24.0 Å². The lowest BCUT2D eigenvalue weighted by Gasteiger charge is -2.35. The number of thiazole rings is 1. The van der Waals surface area contributed by atoms with E-state index < -0.39 is 29.9 Å². The Labute approximate surface area is 275 Å². The number of likely N-dealkylation sites (N-methyl/N-ethyl adjacent to an activating group) is 1. The summed E-state index contributed by atoms with van der Waals surface area (Å²) < 4.78 is 10.6. The van der Waals surface area contributed by atoms with E-state index in [0.29, 0.717) is 24.3 Å². The quantitative estimate of drug-likeness (QED) is 0.238. The number of benzene rings is 1. The van der Waals surface area contributed by atoms with Crippen LogP contribution in [0.2, 0.25) is 0 Å². The first kappa shape index (κ1) is 36.7. The number of carbonyl (C=O) groups excluding carboxylic acids is 5. The summed E-state index contributed by atoms with van der Waals surface area (Å²) in [7, 11) is 3.06. The van der Waals surface area contributed by atoms with Gasteiger partial charge in [0.05, 0.1) is 13.0 Å². The summed E-state index contributed by atoms with van der Waals surface area (Å²) in [5.41, 5.74) is 1.18. The highest BCUT2D eigenvalue weighted by atomic mass is 32.1. The summed E-state index contributed by atoms with van der Waals surface area (Å²) in [6, 6.07) is 8.38. The number of esters is 2. The molecule has 1 fully saturated rings. The van der Waals surface area contributed by atoms with Crippen molar-refractivity contribution in [3.05, 3.63) is 52.0 Å². The fraction of sp³-hybridized carbons (Fsp3) is 0.588. The molecule has 1 aliphatic carbocycles. The van der Waals surface area contributed by atoms with Crippen molar-refractivity contribution in [1.29, 1.82) is 0 Å². The van der Waals surface area contributed by atoms with Crippen LogP contribution in [-0.2, 0) is 35.1 Å². The third-order valence-corrected chi connectivity index (χ3v) is 9.24. The number of nitrogens with zero attached hydrogens (tertiary/aromatic N) is 2. The first-order valence-corrected chi connectivity index (χ1v) is 16.8. The van der Waals surface area contributed by atoms with Crippen LogP contribution in [0.25, 0.3) is 0 Å². The number of rotatable bonds is 17. The topological polar surface area (TPSA) is 144 Å². The van der Waals surface area contributed by atoms with Crippen molar-refractivity contribution in [1.82, 2.24) is 20.5 Å². The number of hydrogen-bond acceptors (Lipinski definition) is 9. The molecule has 1 saturated carbocycles. The van der Waals surface area contributed by atoms with Crippen molar-refractivity contribution in [2.75, 3.05) is 14.2 Å². The van der Waals surface area contributed by atoms with Crippen molar-refractivity contribution in [2.45, 2.75) is 97.4 Å². The number of methoxy groups -OCH3 is 1. The molecule has 252 valence electrons. The first-order valence-electron chi connectivity index (χ1n) is 16.0. The lowest BCUT2D eigenvalue weighted by molar-refractivity contribution is -0.149. The highest BCUT2D eigenvalue weighted by molar-refractivity contribution is 7.09. The van der Waals surface area contributed by atoms with Crippen molar-refractivity contribution in [3.8, 4) is 0 Å². The van der Waals surface area contributed by atoms with Gasteiger partial charge in [-0.25, -0.2) is 4.98 Å². The second kappa shape index (κ2) is 17.2. The third kappa shape index (κ3) is 10.6. The lowest BCUT2D eigenvalue weighted by Crippen LogP contribution is -2.52. The SMILES string of the molecule is CCC(=O)N[C@H](C(=O)N(C)[C@H](C[C@@H](OC(C)=O)c1nc(C(=O)N[C@@H](Cc2ccccc2)C[C@H](C)C(=O)OC)cs1)C(C)C)C1CC1. The Kier molecular flexibility index (Phi) is 13.7. The minimum Gasteiger partial charge on any atom is -0.469 e. The van der Waals surface area contributed by atoms with Gasteiger partial charge >= 0.3 is 11.9 Å². The van der Waals surface area contributed by atoms with Crippen molar-refractivity contribution < 1.29 is 33.4 Å². The number of carbonyl (C=O) groups is 5. The van der Waals surface area contributed by atoms with Gasteiger partial charge in [-0.15, -0.1) is 11.3 Å². The summed E-state index contributed by atoms with van der Waals surface area (Å²) in [6.45, 7) is 8.80. The summed E-state index contributed by atoms with van der Waals surface area (Å²) in [4.78, 5) is 69.8. The summed E-state index contributed by atoms with van der Waals surface area (Å²) in [5.74, 6) is -1.93. The molecule has 0 radical (unpaired) electrons. The maximum atomic E-state index is 13.6. The smallest absolute Gasteiger partial charge is 0.308 e. The van der Waals surface area contributed by atoms with Crippen molar-refractivity contribution in [3.63, 3.8) is 0 Å². The largest absolute Gasteiger partial charge is 0.469 e. The Morgan fingerprint density at radius 3 is 2.28 bits per heavy atom.